The Bertz CT molecular complexity index is 645. The average molecular weight is 325 g/mol. The first-order valence-electron chi connectivity index (χ1n) is 8.49. The highest BCUT2D eigenvalue weighted by molar-refractivity contribution is 5.78. The molecule has 2 aromatic carbocycles. The third-order valence-corrected chi connectivity index (χ3v) is 3.81. The quantitative estimate of drug-likeness (QED) is 0.809. The fourth-order valence-electron chi connectivity index (χ4n) is 2.84. The molecule has 0 bridgehead atoms. The summed E-state index contributed by atoms with van der Waals surface area (Å²) in [5, 5.41) is 3.10. The second-order valence-corrected chi connectivity index (χ2v) is 6.77. The third-order valence-electron chi connectivity index (χ3n) is 3.81. The van der Waals surface area contributed by atoms with E-state index in [1.807, 2.05) is 44.2 Å². The van der Waals surface area contributed by atoms with Crippen molar-refractivity contribution in [1.29, 1.82) is 0 Å². The van der Waals surface area contributed by atoms with E-state index >= 15 is 0 Å². The molecule has 0 aliphatic carbocycles. The Morgan fingerprint density at radius 1 is 1.04 bits per heavy atom. The lowest BCUT2D eigenvalue weighted by Gasteiger charge is -2.21. The molecule has 2 aromatic rings. The Labute approximate surface area is 145 Å². The second kappa shape index (κ2) is 8.53. The highest BCUT2D eigenvalue weighted by Crippen LogP contribution is 2.21. The molecule has 0 fully saturated rings. The fraction of sp³-hybridized carbons (Fsp3) is 0.381. The van der Waals surface area contributed by atoms with E-state index in [1.54, 1.807) is 0 Å². The van der Waals surface area contributed by atoms with Gasteiger partial charge in [0.25, 0.3) is 5.91 Å². The van der Waals surface area contributed by atoms with E-state index in [9.17, 15) is 4.79 Å². The van der Waals surface area contributed by atoms with Crippen molar-refractivity contribution in [2.24, 2.45) is 5.92 Å². The van der Waals surface area contributed by atoms with Gasteiger partial charge in [0.15, 0.2) is 6.61 Å². The van der Waals surface area contributed by atoms with E-state index < -0.39 is 0 Å². The maximum atomic E-state index is 12.3. The van der Waals surface area contributed by atoms with Crippen LogP contribution < -0.4 is 10.1 Å². The zero-order valence-electron chi connectivity index (χ0n) is 15.0. The molecule has 3 heteroatoms. The van der Waals surface area contributed by atoms with Gasteiger partial charge in [-0.25, -0.2) is 0 Å². The predicted molar refractivity (Wildman–Crippen MR) is 98.2 cm³/mol. The van der Waals surface area contributed by atoms with Crippen LogP contribution in [0.5, 0.6) is 5.75 Å². The van der Waals surface area contributed by atoms with Gasteiger partial charge in [-0.1, -0.05) is 50.2 Å². The van der Waals surface area contributed by atoms with E-state index in [1.165, 1.54) is 0 Å². The summed E-state index contributed by atoms with van der Waals surface area (Å²) in [4.78, 5) is 12.3. The minimum Gasteiger partial charge on any atom is -0.484 e. The molecule has 0 unspecified atom stereocenters. The minimum atomic E-state index is -0.0938. The Kier molecular flexibility index (Phi) is 6.42. The van der Waals surface area contributed by atoms with Gasteiger partial charge in [0.2, 0.25) is 0 Å². The average Bonchev–Trinajstić information content (AvgIpc) is 2.52. The van der Waals surface area contributed by atoms with Crippen molar-refractivity contribution in [3.63, 3.8) is 0 Å². The van der Waals surface area contributed by atoms with Gasteiger partial charge >= 0.3 is 0 Å². The lowest BCUT2D eigenvalue weighted by molar-refractivity contribution is -0.124. The Morgan fingerprint density at radius 3 is 2.25 bits per heavy atom. The van der Waals surface area contributed by atoms with Crippen molar-refractivity contribution in [2.75, 3.05) is 6.61 Å². The molecule has 0 saturated carbocycles. The van der Waals surface area contributed by atoms with Crippen LogP contribution in [0.3, 0.4) is 0 Å². The molecule has 0 heterocycles. The van der Waals surface area contributed by atoms with Crippen molar-refractivity contribution in [2.45, 2.75) is 40.2 Å². The van der Waals surface area contributed by atoms with Crippen molar-refractivity contribution >= 4 is 5.91 Å². The van der Waals surface area contributed by atoms with Gasteiger partial charge in [0, 0.05) is 0 Å². The summed E-state index contributed by atoms with van der Waals surface area (Å²) < 4.78 is 5.66. The monoisotopic (exact) mass is 325 g/mol. The molecule has 0 saturated heterocycles. The molecule has 128 valence electrons. The number of nitrogens with one attached hydrogen (secondary N) is 1. The van der Waals surface area contributed by atoms with Crippen LogP contribution in [-0.2, 0) is 4.79 Å². The van der Waals surface area contributed by atoms with E-state index in [4.69, 9.17) is 4.74 Å². The van der Waals surface area contributed by atoms with Crippen LogP contribution >= 0.6 is 0 Å². The van der Waals surface area contributed by atoms with Crippen LogP contribution in [0.4, 0.5) is 0 Å². The van der Waals surface area contributed by atoms with Gasteiger partial charge in [-0.3, -0.25) is 4.79 Å². The number of aryl methyl sites for hydroxylation is 2. The number of benzene rings is 2. The molecule has 2 rings (SSSR count). The van der Waals surface area contributed by atoms with Crippen molar-refractivity contribution in [3.8, 4) is 5.75 Å². The number of carbonyl (C=O) groups excluding carboxylic acids is 1. The lowest BCUT2D eigenvalue weighted by atomic mass is 9.97. The number of carbonyl (C=O) groups is 1. The normalized spacial score (nSPS) is 12.0. The standard InChI is InChI=1S/C21H27NO2/c1-15(2)10-20(18-8-6-5-7-9-18)22-21(23)14-24-19-12-16(3)11-17(4)13-19/h5-9,11-13,15,20H,10,14H2,1-4H3,(H,22,23)/t20-/m0/s1. The van der Waals surface area contributed by atoms with Gasteiger partial charge in [0.1, 0.15) is 5.75 Å². The number of hydrogen-bond donors (Lipinski definition) is 1. The number of amides is 1. The molecule has 0 spiro atoms. The van der Waals surface area contributed by atoms with Gasteiger partial charge in [-0.2, -0.15) is 0 Å². The molecule has 0 aromatic heterocycles. The van der Waals surface area contributed by atoms with Crippen molar-refractivity contribution in [1.82, 2.24) is 5.32 Å². The number of rotatable bonds is 7. The number of hydrogen-bond acceptors (Lipinski definition) is 2. The number of ether oxygens (including phenoxy) is 1. The molecule has 24 heavy (non-hydrogen) atoms. The van der Waals surface area contributed by atoms with E-state index in [0.29, 0.717) is 5.92 Å². The molecule has 0 radical (unpaired) electrons. The largest absolute Gasteiger partial charge is 0.484 e. The van der Waals surface area contributed by atoms with E-state index in [0.717, 1.165) is 28.9 Å². The van der Waals surface area contributed by atoms with Crippen LogP contribution in [0.2, 0.25) is 0 Å². The zero-order chi connectivity index (χ0) is 17.5. The van der Waals surface area contributed by atoms with Gasteiger partial charge in [-0.15, -0.1) is 0 Å². The topological polar surface area (TPSA) is 38.3 Å². The molecule has 1 N–H and O–H groups in total. The molecule has 0 aliphatic rings. The summed E-state index contributed by atoms with van der Waals surface area (Å²) in [6, 6.07) is 16.1. The first-order chi connectivity index (χ1) is 11.4. The molecule has 1 atom stereocenters. The highest BCUT2D eigenvalue weighted by atomic mass is 16.5. The minimum absolute atomic E-state index is 0.0153. The molecular weight excluding hydrogens is 298 g/mol. The van der Waals surface area contributed by atoms with Gasteiger partial charge < -0.3 is 10.1 Å². The first kappa shape index (κ1) is 18.1. The Hall–Kier alpha value is -2.29. The maximum absolute atomic E-state index is 12.3. The maximum Gasteiger partial charge on any atom is 0.258 e. The Balaban J connectivity index is 1.97. The fourth-order valence-corrected chi connectivity index (χ4v) is 2.84. The van der Waals surface area contributed by atoms with E-state index in [-0.39, 0.29) is 18.6 Å². The van der Waals surface area contributed by atoms with Gasteiger partial charge in [0.05, 0.1) is 6.04 Å². The molecule has 0 aliphatic heterocycles. The second-order valence-electron chi connectivity index (χ2n) is 6.77. The third kappa shape index (κ3) is 5.73. The molecular formula is C21H27NO2. The van der Waals surface area contributed by atoms with Crippen LogP contribution in [0.25, 0.3) is 0 Å². The summed E-state index contributed by atoms with van der Waals surface area (Å²) >= 11 is 0. The first-order valence-corrected chi connectivity index (χ1v) is 8.49. The molecule has 3 nitrogen and oxygen atoms in total. The van der Waals surface area contributed by atoms with Crippen molar-refractivity contribution < 1.29 is 9.53 Å². The van der Waals surface area contributed by atoms with Gasteiger partial charge in [-0.05, 0) is 55.0 Å². The summed E-state index contributed by atoms with van der Waals surface area (Å²) in [6.45, 7) is 8.40. The highest BCUT2D eigenvalue weighted by Gasteiger charge is 2.16. The zero-order valence-corrected chi connectivity index (χ0v) is 15.0. The SMILES string of the molecule is Cc1cc(C)cc(OCC(=O)N[C@@H](CC(C)C)c2ccccc2)c1. The van der Waals surface area contributed by atoms with E-state index in [2.05, 4.69) is 37.4 Å². The Morgan fingerprint density at radius 2 is 1.67 bits per heavy atom. The van der Waals surface area contributed by atoms with Crippen LogP contribution in [0.1, 0.15) is 43.0 Å². The predicted octanol–water partition coefficient (Wildman–Crippen LogP) is 4.59. The lowest BCUT2D eigenvalue weighted by Crippen LogP contribution is -2.33. The summed E-state index contributed by atoms with van der Waals surface area (Å²) in [5.74, 6) is 1.14. The summed E-state index contributed by atoms with van der Waals surface area (Å²) in [5.41, 5.74) is 3.39. The summed E-state index contributed by atoms with van der Waals surface area (Å²) in [7, 11) is 0. The van der Waals surface area contributed by atoms with Crippen molar-refractivity contribution in [3.05, 3.63) is 65.2 Å². The van der Waals surface area contributed by atoms with Crippen LogP contribution in [0.15, 0.2) is 48.5 Å². The smallest absolute Gasteiger partial charge is 0.258 e. The molecule has 1 amide bonds. The van der Waals surface area contributed by atoms with Crippen LogP contribution in [-0.4, -0.2) is 12.5 Å². The summed E-state index contributed by atoms with van der Waals surface area (Å²) in [6.07, 6.45) is 0.902. The van der Waals surface area contributed by atoms with Crippen LogP contribution in [0, 0.1) is 19.8 Å².